The van der Waals surface area contributed by atoms with Crippen LogP contribution in [0.25, 0.3) is 0 Å². The number of hydrogen-bond acceptors (Lipinski definition) is 2. The molecule has 2 aromatic rings. The number of anilines is 1. The first-order valence-corrected chi connectivity index (χ1v) is 6.73. The van der Waals surface area contributed by atoms with E-state index in [-0.39, 0.29) is 0 Å². The van der Waals surface area contributed by atoms with Crippen LogP contribution in [0.2, 0.25) is 0 Å². The lowest BCUT2D eigenvalue weighted by molar-refractivity contribution is 0.330. The summed E-state index contributed by atoms with van der Waals surface area (Å²) in [5.74, 6) is 0. The van der Waals surface area contributed by atoms with E-state index >= 15 is 0 Å². The van der Waals surface area contributed by atoms with Crippen molar-refractivity contribution in [3.63, 3.8) is 0 Å². The van der Waals surface area contributed by atoms with E-state index in [1.165, 1.54) is 16.7 Å². The van der Waals surface area contributed by atoms with E-state index in [0.717, 1.165) is 25.2 Å². The van der Waals surface area contributed by atoms with Crippen molar-refractivity contribution in [2.75, 3.05) is 19.3 Å². The summed E-state index contributed by atoms with van der Waals surface area (Å²) in [6, 6.07) is 16.7. The van der Waals surface area contributed by atoms with E-state index in [1.54, 1.807) is 0 Å². The SMILES string of the molecule is Cc1ccccc1CN(C)CCc1ccccc1N. The molecule has 0 saturated carbocycles. The van der Waals surface area contributed by atoms with Crippen LogP contribution in [0.4, 0.5) is 5.69 Å². The summed E-state index contributed by atoms with van der Waals surface area (Å²) in [5, 5.41) is 0. The number of nitrogen functional groups attached to an aromatic ring is 1. The van der Waals surface area contributed by atoms with Gasteiger partial charge in [-0.05, 0) is 43.1 Å². The van der Waals surface area contributed by atoms with Crippen LogP contribution in [0.3, 0.4) is 0 Å². The van der Waals surface area contributed by atoms with Gasteiger partial charge in [0.25, 0.3) is 0 Å². The Hall–Kier alpha value is -1.80. The van der Waals surface area contributed by atoms with Gasteiger partial charge in [-0.3, -0.25) is 0 Å². The summed E-state index contributed by atoms with van der Waals surface area (Å²) in [5.41, 5.74) is 10.8. The Morgan fingerprint density at radius 2 is 1.58 bits per heavy atom. The molecule has 0 amide bonds. The van der Waals surface area contributed by atoms with E-state index < -0.39 is 0 Å². The summed E-state index contributed by atoms with van der Waals surface area (Å²) in [6.07, 6.45) is 0.995. The Bertz CT molecular complexity index is 534. The Balaban J connectivity index is 1.90. The summed E-state index contributed by atoms with van der Waals surface area (Å²) in [4.78, 5) is 2.34. The van der Waals surface area contributed by atoms with Gasteiger partial charge in [-0.15, -0.1) is 0 Å². The smallest absolute Gasteiger partial charge is 0.0347 e. The number of likely N-dealkylation sites (N-methyl/N-ethyl adjacent to an activating group) is 1. The van der Waals surface area contributed by atoms with Crippen LogP contribution in [0.1, 0.15) is 16.7 Å². The zero-order valence-corrected chi connectivity index (χ0v) is 11.8. The van der Waals surface area contributed by atoms with Crippen LogP contribution < -0.4 is 5.73 Å². The topological polar surface area (TPSA) is 29.3 Å². The van der Waals surface area contributed by atoms with E-state index in [4.69, 9.17) is 5.73 Å². The number of aryl methyl sites for hydroxylation is 1. The third-order valence-corrected chi connectivity index (χ3v) is 3.52. The second-order valence-electron chi connectivity index (χ2n) is 5.11. The van der Waals surface area contributed by atoms with E-state index in [0.29, 0.717) is 0 Å². The average Bonchev–Trinajstić information content (AvgIpc) is 2.40. The van der Waals surface area contributed by atoms with E-state index in [2.05, 4.69) is 49.2 Å². The van der Waals surface area contributed by atoms with Gasteiger partial charge in [-0.2, -0.15) is 0 Å². The molecule has 19 heavy (non-hydrogen) atoms. The van der Waals surface area contributed by atoms with Crippen molar-refractivity contribution in [3.05, 3.63) is 65.2 Å². The van der Waals surface area contributed by atoms with Crippen molar-refractivity contribution < 1.29 is 0 Å². The molecule has 0 aliphatic carbocycles. The highest BCUT2D eigenvalue weighted by atomic mass is 15.1. The second-order valence-corrected chi connectivity index (χ2v) is 5.11. The van der Waals surface area contributed by atoms with Crippen molar-refractivity contribution in [2.24, 2.45) is 0 Å². The lowest BCUT2D eigenvalue weighted by Gasteiger charge is -2.18. The molecule has 0 atom stereocenters. The van der Waals surface area contributed by atoms with Gasteiger partial charge < -0.3 is 10.6 Å². The summed E-state index contributed by atoms with van der Waals surface area (Å²) < 4.78 is 0. The fourth-order valence-electron chi connectivity index (χ4n) is 2.23. The molecule has 2 nitrogen and oxygen atoms in total. The van der Waals surface area contributed by atoms with Gasteiger partial charge in [0, 0.05) is 18.8 Å². The van der Waals surface area contributed by atoms with Crippen LogP contribution in [0.15, 0.2) is 48.5 Å². The molecule has 0 aliphatic rings. The van der Waals surface area contributed by atoms with Crippen molar-refractivity contribution in [3.8, 4) is 0 Å². The summed E-state index contributed by atoms with van der Waals surface area (Å²) in [7, 11) is 2.16. The molecule has 0 heterocycles. The maximum Gasteiger partial charge on any atom is 0.0347 e. The highest BCUT2D eigenvalue weighted by molar-refractivity contribution is 5.46. The first-order valence-electron chi connectivity index (χ1n) is 6.73. The Morgan fingerprint density at radius 1 is 0.947 bits per heavy atom. The largest absolute Gasteiger partial charge is 0.399 e. The van der Waals surface area contributed by atoms with Gasteiger partial charge in [0.1, 0.15) is 0 Å². The van der Waals surface area contributed by atoms with E-state index in [1.807, 2.05) is 18.2 Å². The monoisotopic (exact) mass is 254 g/mol. The van der Waals surface area contributed by atoms with Gasteiger partial charge in [-0.1, -0.05) is 42.5 Å². The molecule has 0 radical (unpaired) electrons. The van der Waals surface area contributed by atoms with Gasteiger partial charge in [-0.25, -0.2) is 0 Å². The minimum Gasteiger partial charge on any atom is -0.399 e. The summed E-state index contributed by atoms with van der Waals surface area (Å²) >= 11 is 0. The number of hydrogen-bond donors (Lipinski definition) is 1. The molecule has 0 fully saturated rings. The van der Waals surface area contributed by atoms with Gasteiger partial charge >= 0.3 is 0 Å². The van der Waals surface area contributed by atoms with Crippen LogP contribution in [0.5, 0.6) is 0 Å². The Kier molecular flexibility index (Phi) is 4.58. The van der Waals surface area contributed by atoms with Crippen molar-refractivity contribution in [1.29, 1.82) is 0 Å². The minimum absolute atomic E-state index is 0.895. The lowest BCUT2D eigenvalue weighted by atomic mass is 10.1. The van der Waals surface area contributed by atoms with E-state index in [9.17, 15) is 0 Å². The molecule has 0 aliphatic heterocycles. The Labute approximate surface area is 115 Å². The van der Waals surface area contributed by atoms with Crippen LogP contribution in [-0.4, -0.2) is 18.5 Å². The van der Waals surface area contributed by atoms with Gasteiger partial charge in [0.05, 0.1) is 0 Å². The molecule has 100 valence electrons. The van der Waals surface area contributed by atoms with Crippen LogP contribution in [-0.2, 0) is 13.0 Å². The van der Waals surface area contributed by atoms with Crippen molar-refractivity contribution in [1.82, 2.24) is 4.90 Å². The summed E-state index contributed by atoms with van der Waals surface area (Å²) in [6.45, 7) is 4.17. The Morgan fingerprint density at radius 3 is 2.26 bits per heavy atom. The first kappa shape index (κ1) is 13.6. The van der Waals surface area contributed by atoms with Crippen LogP contribution in [0, 0.1) is 6.92 Å². The normalized spacial score (nSPS) is 10.9. The molecule has 0 unspecified atom stereocenters. The number of rotatable bonds is 5. The molecule has 2 N–H and O–H groups in total. The molecule has 2 heteroatoms. The zero-order chi connectivity index (χ0) is 13.7. The first-order chi connectivity index (χ1) is 9.16. The maximum absolute atomic E-state index is 5.96. The quantitative estimate of drug-likeness (QED) is 0.830. The predicted octanol–water partition coefficient (Wildman–Crippen LogP) is 3.25. The van der Waals surface area contributed by atoms with Gasteiger partial charge in [0.15, 0.2) is 0 Å². The average molecular weight is 254 g/mol. The number of nitrogens with zero attached hydrogens (tertiary/aromatic N) is 1. The molecule has 0 spiro atoms. The third kappa shape index (κ3) is 3.83. The molecule has 2 rings (SSSR count). The fraction of sp³-hybridized carbons (Fsp3) is 0.294. The lowest BCUT2D eigenvalue weighted by Crippen LogP contribution is -2.21. The minimum atomic E-state index is 0.895. The second kappa shape index (κ2) is 6.39. The molecular formula is C17H22N2. The van der Waals surface area contributed by atoms with Gasteiger partial charge in [0.2, 0.25) is 0 Å². The number of nitrogens with two attached hydrogens (primary N) is 1. The van der Waals surface area contributed by atoms with Crippen LogP contribution >= 0.6 is 0 Å². The molecule has 2 aromatic carbocycles. The highest BCUT2D eigenvalue weighted by Gasteiger charge is 2.04. The molecular weight excluding hydrogens is 232 g/mol. The molecule has 0 aromatic heterocycles. The number of benzene rings is 2. The standard InChI is InChI=1S/C17H22N2/c1-14-7-3-4-9-16(14)13-19(2)12-11-15-8-5-6-10-17(15)18/h3-10H,11-13,18H2,1-2H3. The van der Waals surface area contributed by atoms with Crippen molar-refractivity contribution >= 4 is 5.69 Å². The zero-order valence-electron chi connectivity index (χ0n) is 11.8. The van der Waals surface area contributed by atoms with Crippen molar-refractivity contribution in [2.45, 2.75) is 19.9 Å². The fourth-order valence-corrected chi connectivity index (χ4v) is 2.23. The molecule has 0 saturated heterocycles. The third-order valence-electron chi connectivity index (χ3n) is 3.52. The predicted molar refractivity (Wildman–Crippen MR) is 82.1 cm³/mol. The maximum atomic E-state index is 5.96. The highest BCUT2D eigenvalue weighted by Crippen LogP contribution is 2.13. The molecule has 0 bridgehead atoms. The number of para-hydroxylation sites is 1.